The van der Waals surface area contributed by atoms with E-state index in [-0.39, 0.29) is 22.9 Å². The molecular weight excluding hydrogens is 714 g/mol. The molecule has 288 valence electrons. The predicted octanol–water partition coefficient (Wildman–Crippen LogP) is 4.68. The molecule has 2 aromatic rings. The number of halogens is 1. The van der Waals surface area contributed by atoms with Crippen molar-refractivity contribution in [3.63, 3.8) is 0 Å². The van der Waals surface area contributed by atoms with Crippen LogP contribution in [0.1, 0.15) is 67.6 Å². The van der Waals surface area contributed by atoms with Crippen molar-refractivity contribution in [2.24, 2.45) is 17.8 Å². The molecule has 2 aliphatic carbocycles. The number of sulfonamides is 1. The van der Waals surface area contributed by atoms with Crippen LogP contribution in [0.4, 0.5) is 5.82 Å². The van der Waals surface area contributed by atoms with Gasteiger partial charge in [-0.05, 0) is 98.6 Å². The third-order valence-corrected chi connectivity index (χ3v) is 15.6. The number of carbonyl (C=O) groups excluding carboxylic acids is 1. The number of pyridine rings is 1. The number of hydrogen-bond donors (Lipinski definition) is 1. The molecule has 5 heterocycles. The van der Waals surface area contributed by atoms with Gasteiger partial charge in [0.15, 0.2) is 11.6 Å². The Bertz CT molecular complexity index is 1830. The standard InChI is InChI=1S/C40H54ClN5O6S/c1-27-6-4-15-40(50-3,25-44-16-18-45(19-17-44)32-22-51-23-32)34-10-8-30(34)21-46-24-39(14-5-7-29-20-31(41)9-11-33(29)39)26-52-36-13-12-35(42-37(36)46)38(47)43-53(48,49)28(27)2/h4,9,11-13,15,20,27-28,30,32,34H,5-8,10,14,16-19,21-26H2,1-3H3,(H,43,47)/b15-4-/t27-,28+,30-,34+,39-,40+/m0/s1. The van der Waals surface area contributed by atoms with E-state index in [4.69, 9.17) is 30.8 Å². The number of nitrogens with zero attached hydrogens (tertiary/aromatic N) is 4. The molecule has 3 fully saturated rings. The van der Waals surface area contributed by atoms with Gasteiger partial charge in [0.25, 0.3) is 5.91 Å². The first-order chi connectivity index (χ1) is 25.5. The second kappa shape index (κ2) is 14.7. The summed E-state index contributed by atoms with van der Waals surface area (Å²) in [5, 5.41) is -0.0688. The number of aryl methyl sites for hydroxylation is 1. The minimum absolute atomic E-state index is 0.0588. The van der Waals surface area contributed by atoms with Crippen LogP contribution in [0.3, 0.4) is 0 Å². The van der Waals surface area contributed by atoms with Crippen molar-refractivity contribution in [1.29, 1.82) is 0 Å². The average Bonchev–Trinajstić information content (AvgIpc) is 3.25. The second-order valence-electron chi connectivity index (χ2n) is 16.5. The fourth-order valence-corrected chi connectivity index (χ4v) is 11.2. The Morgan fingerprint density at radius 2 is 1.91 bits per heavy atom. The van der Waals surface area contributed by atoms with Crippen LogP contribution < -0.4 is 14.4 Å². The smallest absolute Gasteiger partial charge is 0.283 e. The second-order valence-corrected chi connectivity index (χ2v) is 19.0. The quantitative estimate of drug-likeness (QED) is 0.441. The third-order valence-electron chi connectivity index (χ3n) is 13.4. The minimum atomic E-state index is -3.99. The highest BCUT2D eigenvalue weighted by molar-refractivity contribution is 7.90. The van der Waals surface area contributed by atoms with Crippen molar-refractivity contribution >= 4 is 33.3 Å². The largest absolute Gasteiger partial charge is 0.489 e. The number of nitrogens with one attached hydrogen (secondary N) is 1. The fourth-order valence-electron chi connectivity index (χ4n) is 9.72. The van der Waals surface area contributed by atoms with Gasteiger partial charge in [0, 0.05) is 63.4 Å². The number of rotatable bonds is 4. The molecule has 53 heavy (non-hydrogen) atoms. The predicted molar refractivity (Wildman–Crippen MR) is 205 cm³/mol. The van der Waals surface area contributed by atoms with Crippen molar-refractivity contribution in [3.8, 4) is 5.75 Å². The van der Waals surface area contributed by atoms with Crippen LogP contribution in [0.25, 0.3) is 0 Å². The molecule has 0 unspecified atom stereocenters. The molecule has 8 rings (SSSR count). The lowest BCUT2D eigenvalue weighted by atomic mass is 9.63. The van der Waals surface area contributed by atoms with Gasteiger partial charge in [-0.15, -0.1) is 0 Å². The van der Waals surface area contributed by atoms with Gasteiger partial charge in [0.1, 0.15) is 11.3 Å². The maximum atomic E-state index is 13.6. The number of benzene rings is 1. The van der Waals surface area contributed by atoms with Gasteiger partial charge in [-0.1, -0.05) is 36.7 Å². The summed E-state index contributed by atoms with van der Waals surface area (Å²) in [5.41, 5.74) is 1.71. The van der Waals surface area contributed by atoms with Crippen LogP contribution in [-0.4, -0.2) is 119 Å². The number of aromatic nitrogens is 1. The van der Waals surface area contributed by atoms with Gasteiger partial charge in [0.2, 0.25) is 10.0 Å². The highest BCUT2D eigenvalue weighted by Gasteiger charge is 2.50. The molecule has 0 radical (unpaired) electrons. The van der Waals surface area contributed by atoms with Crippen LogP contribution in [0.5, 0.6) is 5.75 Å². The van der Waals surface area contributed by atoms with Gasteiger partial charge in [-0.3, -0.25) is 14.6 Å². The van der Waals surface area contributed by atoms with E-state index >= 15 is 0 Å². The molecule has 6 atom stereocenters. The summed E-state index contributed by atoms with van der Waals surface area (Å²) in [5.74, 6) is 0.761. The zero-order chi connectivity index (χ0) is 37.0. The summed E-state index contributed by atoms with van der Waals surface area (Å²) in [6.45, 7) is 11.8. The minimum Gasteiger partial charge on any atom is -0.489 e. The van der Waals surface area contributed by atoms with Crippen molar-refractivity contribution in [2.75, 3.05) is 77.6 Å². The van der Waals surface area contributed by atoms with Crippen molar-refractivity contribution in [1.82, 2.24) is 19.5 Å². The van der Waals surface area contributed by atoms with E-state index in [1.807, 2.05) is 20.1 Å². The molecule has 2 bridgehead atoms. The Labute approximate surface area is 319 Å². The normalized spacial score (nSPS) is 34.4. The van der Waals surface area contributed by atoms with Crippen LogP contribution in [0.15, 0.2) is 42.5 Å². The van der Waals surface area contributed by atoms with E-state index in [1.54, 1.807) is 19.1 Å². The summed E-state index contributed by atoms with van der Waals surface area (Å²) < 4.78 is 48.3. The average molecular weight is 768 g/mol. The molecule has 4 aliphatic heterocycles. The Morgan fingerprint density at radius 1 is 1.09 bits per heavy atom. The number of hydrogen-bond acceptors (Lipinski definition) is 10. The van der Waals surface area contributed by atoms with E-state index in [2.05, 4.69) is 43.7 Å². The summed E-state index contributed by atoms with van der Waals surface area (Å²) in [6.07, 6.45) is 9.93. The molecule has 2 saturated heterocycles. The number of ether oxygens (including phenoxy) is 3. The van der Waals surface area contributed by atoms with Crippen LogP contribution in [0.2, 0.25) is 5.02 Å². The number of amides is 1. The monoisotopic (exact) mass is 767 g/mol. The van der Waals surface area contributed by atoms with E-state index in [0.717, 1.165) is 83.1 Å². The Morgan fingerprint density at radius 3 is 2.62 bits per heavy atom. The number of piperazine rings is 1. The highest BCUT2D eigenvalue weighted by Crippen LogP contribution is 2.49. The van der Waals surface area contributed by atoms with Gasteiger partial charge >= 0.3 is 0 Å². The molecular formula is C40H54ClN5O6S. The molecule has 11 nitrogen and oxygen atoms in total. The van der Waals surface area contributed by atoms with Crippen molar-refractivity contribution < 1.29 is 27.4 Å². The van der Waals surface area contributed by atoms with Crippen LogP contribution >= 0.6 is 11.6 Å². The molecule has 1 N–H and O–H groups in total. The number of anilines is 1. The first kappa shape index (κ1) is 37.2. The lowest BCUT2D eigenvalue weighted by Gasteiger charge is -2.52. The van der Waals surface area contributed by atoms with E-state index in [0.29, 0.717) is 49.6 Å². The number of carbonyl (C=O) groups is 1. The van der Waals surface area contributed by atoms with E-state index in [1.165, 1.54) is 11.1 Å². The van der Waals surface area contributed by atoms with Crippen molar-refractivity contribution in [2.45, 2.75) is 74.7 Å². The van der Waals surface area contributed by atoms with E-state index < -0.39 is 26.8 Å². The lowest BCUT2D eigenvalue weighted by Crippen LogP contribution is -2.61. The maximum Gasteiger partial charge on any atom is 0.283 e. The van der Waals surface area contributed by atoms with Crippen LogP contribution in [-0.2, 0) is 31.3 Å². The summed E-state index contributed by atoms with van der Waals surface area (Å²) in [4.78, 5) is 25.9. The molecule has 13 heteroatoms. The molecule has 1 saturated carbocycles. The van der Waals surface area contributed by atoms with Gasteiger partial charge in [-0.25, -0.2) is 18.1 Å². The number of fused-ring (bicyclic) bond motifs is 4. The highest BCUT2D eigenvalue weighted by atomic mass is 35.5. The Hall–Kier alpha value is -2.74. The Balaban J connectivity index is 1.17. The lowest BCUT2D eigenvalue weighted by molar-refractivity contribution is -0.107. The summed E-state index contributed by atoms with van der Waals surface area (Å²) >= 11 is 6.50. The van der Waals surface area contributed by atoms with Gasteiger partial charge in [0.05, 0.1) is 31.1 Å². The first-order valence-corrected chi connectivity index (χ1v) is 21.4. The zero-order valence-electron chi connectivity index (χ0n) is 31.3. The van der Waals surface area contributed by atoms with Crippen LogP contribution in [0, 0.1) is 17.8 Å². The molecule has 1 amide bonds. The molecule has 1 aromatic carbocycles. The number of methoxy groups -OCH3 is 1. The first-order valence-electron chi connectivity index (χ1n) is 19.5. The zero-order valence-corrected chi connectivity index (χ0v) is 32.8. The van der Waals surface area contributed by atoms with E-state index in [9.17, 15) is 13.2 Å². The summed E-state index contributed by atoms with van der Waals surface area (Å²) in [7, 11) is -2.15. The van der Waals surface area contributed by atoms with Gasteiger partial charge < -0.3 is 19.1 Å². The Kier molecular flexibility index (Phi) is 10.3. The molecule has 1 aromatic heterocycles. The SMILES string of the molecule is CO[C@@]1(CN2CCN(C3COC3)CC2)/C=C\C[C@H](C)[C@@H](C)S(=O)(=O)NC(=O)c2ccc3c(n2)N(C[C@@H]2CC[C@H]21)C[C@@]1(CCCc2cc(Cl)ccc21)CO3. The molecule has 6 aliphatic rings. The summed E-state index contributed by atoms with van der Waals surface area (Å²) in [6, 6.07) is 10.1. The number of allylic oxidation sites excluding steroid dienone is 1. The molecule has 1 spiro atoms. The third kappa shape index (κ3) is 7.13. The van der Waals surface area contributed by atoms with Crippen molar-refractivity contribution in [3.05, 3.63) is 64.3 Å². The van der Waals surface area contributed by atoms with Gasteiger partial charge in [-0.2, -0.15) is 0 Å². The maximum absolute atomic E-state index is 13.6. The topological polar surface area (TPSA) is 114 Å². The fraction of sp³-hybridized carbons (Fsp3) is 0.650.